The van der Waals surface area contributed by atoms with Crippen LogP contribution in [0.2, 0.25) is 0 Å². The first-order chi connectivity index (χ1) is 23.6. The molecule has 4 amide bonds. The highest BCUT2D eigenvalue weighted by Crippen LogP contribution is 2.25. The van der Waals surface area contributed by atoms with Gasteiger partial charge in [0.15, 0.2) is 25.1 Å². The van der Waals surface area contributed by atoms with E-state index in [-0.39, 0.29) is 47.6 Å². The fraction of sp³-hybridized carbons (Fsp3) is 0.444. The number of carbonyl (C=O) groups excluding carboxylic acids is 4. The van der Waals surface area contributed by atoms with Gasteiger partial charge in [0.05, 0.1) is 11.9 Å². The molecule has 4 rings (SSSR count). The summed E-state index contributed by atoms with van der Waals surface area (Å²) in [4.78, 5) is 66.0. The number of ether oxygens (including phenoxy) is 1. The van der Waals surface area contributed by atoms with Crippen molar-refractivity contribution >= 4 is 52.1 Å². The van der Waals surface area contributed by atoms with E-state index in [2.05, 4.69) is 16.0 Å². The average molecular weight is 789 g/mol. The van der Waals surface area contributed by atoms with Crippen molar-refractivity contribution in [1.82, 2.24) is 20.9 Å². The third-order valence-electron chi connectivity index (χ3n) is 8.01. The summed E-state index contributed by atoms with van der Waals surface area (Å²) in [7, 11) is 0. The Morgan fingerprint density at radius 2 is 1.73 bits per heavy atom. The standard InChI is InChI=1S/C36H45N5O8S.BrH/c1-22(2)31(38-29(42)19-49-28-13-9-12-24-17-40(18-30(43)44)15-14-25(24)28)34(47)37-26(16-23-10-7-6-8-11-23)32(45)35(48)41-21-50-20-27(41)33(46)39-36(3,4)5;/h6-15,17,22,26-27,31-32,45H,16,18-21H2,1-5H3,(H3-,37,38,39,42,43,44,46,47);1H/t26-,27-,31-,32-;/m0./s1. The SMILES string of the molecule is CC(C)[C@H](NC(=O)COc1cccc2c[n+](CC(=O)O)ccc12)C(=O)N[C@@H](Cc1ccccc1)[C@H](O)C(=O)N1CSC[C@H]1C(=O)NC(C)(C)C.[Br-]. The summed E-state index contributed by atoms with van der Waals surface area (Å²) < 4.78 is 7.34. The van der Waals surface area contributed by atoms with Gasteiger partial charge in [-0.1, -0.05) is 50.2 Å². The van der Waals surface area contributed by atoms with Gasteiger partial charge in [-0.25, -0.2) is 4.79 Å². The Balaban J connectivity index is 0.00000702. The number of nitrogens with one attached hydrogen (secondary N) is 3. The highest BCUT2D eigenvalue weighted by Gasteiger charge is 2.41. The van der Waals surface area contributed by atoms with E-state index in [0.717, 1.165) is 10.9 Å². The second-order valence-corrected chi connectivity index (χ2v) is 14.7. The lowest BCUT2D eigenvalue weighted by Gasteiger charge is -2.32. The fourth-order valence-corrected chi connectivity index (χ4v) is 6.74. The Bertz CT molecular complexity index is 1700. The van der Waals surface area contributed by atoms with Crippen LogP contribution in [0.25, 0.3) is 10.8 Å². The molecule has 0 aliphatic carbocycles. The zero-order valence-corrected chi connectivity index (χ0v) is 31.7. The molecule has 0 radical (unpaired) electrons. The quantitative estimate of drug-likeness (QED) is 0.124. The van der Waals surface area contributed by atoms with Crippen LogP contribution in [0, 0.1) is 5.92 Å². The molecule has 15 heteroatoms. The summed E-state index contributed by atoms with van der Waals surface area (Å²) in [6.07, 6.45) is 1.73. The summed E-state index contributed by atoms with van der Waals surface area (Å²) in [5.41, 5.74) is 0.258. The predicted molar refractivity (Wildman–Crippen MR) is 188 cm³/mol. The van der Waals surface area contributed by atoms with Crippen molar-refractivity contribution in [1.29, 1.82) is 0 Å². The summed E-state index contributed by atoms with van der Waals surface area (Å²) in [5, 5.41) is 30.4. The van der Waals surface area contributed by atoms with Crippen LogP contribution in [0.3, 0.4) is 0 Å². The minimum absolute atomic E-state index is 0. The molecule has 276 valence electrons. The van der Waals surface area contributed by atoms with E-state index in [1.54, 1.807) is 50.5 Å². The molecule has 2 aromatic carbocycles. The molecule has 2 heterocycles. The Hall–Kier alpha value is -4.21. The molecule has 3 aromatic rings. The van der Waals surface area contributed by atoms with Crippen molar-refractivity contribution in [3.05, 3.63) is 72.6 Å². The number of halogens is 1. The molecular formula is C36H46BrN5O8S. The van der Waals surface area contributed by atoms with Gasteiger partial charge in [-0.2, -0.15) is 4.57 Å². The van der Waals surface area contributed by atoms with E-state index in [1.165, 1.54) is 21.2 Å². The first kappa shape index (κ1) is 41.2. The van der Waals surface area contributed by atoms with Gasteiger partial charge in [0.25, 0.3) is 11.8 Å². The number of aliphatic hydroxyl groups excluding tert-OH is 1. The summed E-state index contributed by atoms with van der Waals surface area (Å²) in [6, 6.07) is 13.1. The third kappa shape index (κ3) is 11.7. The normalized spacial score (nSPS) is 16.1. The predicted octanol–water partition coefficient (Wildman–Crippen LogP) is -1.36. The lowest BCUT2D eigenvalue weighted by molar-refractivity contribution is -0.684. The van der Waals surface area contributed by atoms with E-state index in [4.69, 9.17) is 9.84 Å². The Morgan fingerprint density at radius 3 is 2.37 bits per heavy atom. The van der Waals surface area contributed by atoms with Crippen LogP contribution in [0.1, 0.15) is 40.2 Å². The molecule has 0 spiro atoms. The summed E-state index contributed by atoms with van der Waals surface area (Å²) in [5.74, 6) is -2.49. The van der Waals surface area contributed by atoms with Crippen LogP contribution in [0.4, 0.5) is 0 Å². The van der Waals surface area contributed by atoms with E-state index < -0.39 is 60.1 Å². The maximum absolute atomic E-state index is 13.7. The molecule has 0 bridgehead atoms. The maximum atomic E-state index is 13.7. The second kappa shape index (κ2) is 18.3. The number of carboxylic acids is 1. The molecule has 1 saturated heterocycles. The van der Waals surface area contributed by atoms with Crippen LogP contribution >= 0.6 is 11.8 Å². The number of amides is 4. The van der Waals surface area contributed by atoms with Crippen molar-refractivity contribution in [2.45, 2.75) is 77.4 Å². The number of benzene rings is 2. The third-order valence-corrected chi connectivity index (χ3v) is 9.02. The molecule has 4 atom stereocenters. The highest BCUT2D eigenvalue weighted by molar-refractivity contribution is 7.99. The molecule has 0 saturated carbocycles. The zero-order chi connectivity index (χ0) is 36.6. The second-order valence-electron chi connectivity index (χ2n) is 13.7. The van der Waals surface area contributed by atoms with Crippen LogP contribution in [-0.2, 0) is 36.9 Å². The molecular weight excluding hydrogens is 742 g/mol. The van der Waals surface area contributed by atoms with E-state index >= 15 is 0 Å². The smallest absolute Gasteiger partial charge is 0.370 e. The van der Waals surface area contributed by atoms with Crippen LogP contribution in [-0.4, -0.2) is 92.7 Å². The summed E-state index contributed by atoms with van der Waals surface area (Å²) >= 11 is 1.41. The molecule has 1 aliphatic rings. The average Bonchev–Trinajstić information content (AvgIpc) is 3.55. The number of pyridine rings is 1. The van der Waals surface area contributed by atoms with Gasteiger partial charge in [0, 0.05) is 28.1 Å². The minimum atomic E-state index is -1.67. The topological polar surface area (TPSA) is 178 Å². The number of aliphatic hydroxyl groups is 1. The molecule has 13 nitrogen and oxygen atoms in total. The number of hydrogen-bond donors (Lipinski definition) is 5. The van der Waals surface area contributed by atoms with Gasteiger partial charge in [-0.05, 0) is 50.8 Å². The molecule has 51 heavy (non-hydrogen) atoms. The Morgan fingerprint density at radius 1 is 1.02 bits per heavy atom. The largest absolute Gasteiger partial charge is 1.00 e. The van der Waals surface area contributed by atoms with Gasteiger partial charge < -0.3 is 52.8 Å². The van der Waals surface area contributed by atoms with Gasteiger partial charge in [-0.15, -0.1) is 11.8 Å². The number of carbonyl (C=O) groups is 5. The zero-order valence-electron chi connectivity index (χ0n) is 29.3. The first-order valence-corrected chi connectivity index (χ1v) is 17.6. The van der Waals surface area contributed by atoms with Crippen molar-refractivity contribution in [2.24, 2.45) is 5.92 Å². The molecule has 5 N–H and O–H groups in total. The Labute approximate surface area is 312 Å². The molecule has 1 aromatic heterocycles. The van der Waals surface area contributed by atoms with Crippen molar-refractivity contribution in [3.63, 3.8) is 0 Å². The molecule has 1 aliphatic heterocycles. The van der Waals surface area contributed by atoms with Crippen molar-refractivity contribution in [3.8, 4) is 5.75 Å². The number of nitrogens with zero attached hydrogens (tertiary/aromatic N) is 2. The number of aromatic nitrogens is 1. The van der Waals surface area contributed by atoms with Crippen LogP contribution in [0.5, 0.6) is 5.75 Å². The molecule has 1 fully saturated rings. The number of rotatable bonds is 14. The number of hydrogen-bond acceptors (Lipinski definition) is 8. The van der Waals surface area contributed by atoms with E-state index in [0.29, 0.717) is 16.9 Å². The van der Waals surface area contributed by atoms with Gasteiger partial charge in [-0.3, -0.25) is 19.2 Å². The monoisotopic (exact) mass is 787 g/mol. The van der Waals surface area contributed by atoms with Gasteiger partial charge >= 0.3 is 5.97 Å². The van der Waals surface area contributed by atoms with Gasteiger partial charge in [0.1, 0.15) is 17.8 Å². The van der Waals surface area contributed by atoms with Crippen LogP contribution < -0.4 is 42.2 Å². The highest BCUT2D eigenvalue weighted by atomic mass is 79.9. The number of fused-ring (bicyclic) bond motifs is 1. The minimum Gasteiger partial charge on any atom is -1.00 e. The van der Waals surface area contributed by atoms with Gasteiger partial charge in [0.2, 0.25) is 18.4 Å². The van der Waals surface area contributed by atoms with Crippen LogP contribution in [0.15, 0.2) is 67.0 Å². The van der Waals surface area contributed by atoms with Crippen molar-refractivity contribution in [2.75, 3.05) is 18.2 Å². The number of thioether (sulfide) groups is 1. The summed E-state index contributed by atoms with van der Waals surface area (Å²) in [6.45, 7) is 8.45. The maximum Gasteiger partial charge on any atom is 0.370 e. The fourth-order valence-electron chi connectivity index (χ4n) is 5.57. The number of carboxylic acid groups (broad SMARTS) is 1. The first-order valence-electron chi connectivity index (χ1n) is 16.4. The lowest BCUT2D eigenvalue weighted by Crippen LogP contribution is -3.00. The molecule has 0 unspecified atom stereocenters. The number of aliphatic carboxylic acids is 1. The van der Waals surface area contributed by atoms with E-state index in [9.17, 15) is 29.1 Å². The lowest BCUT2D eigenvalue weighted by atomic mass is 9.97. The Kier molecular flexibility index (Phi) is 14.8. The van der Waals surface area contributed by atoms with Crippen molar-refractivity contribution < 1.29 is 60.5 Å². The van der Waals surface area contributed by atoms with E-state index in [1.807, 2.05) is 51.1 Å².